The van der Waals surface area contributed by atoms with Gasteiger partial charge in [0, 0.05) is 27.6 Å². The van der Waals surface area contributed by atoms with E-state index in [4.69, 9.17) is 0 Å². The molecular formula is C68H51N. The third-order valence-corrected chi connectivity index (χ3v) is 15.5. The van der Waals surface area contributed by atoms with E-state index in [0.717, 1.165) is 11.4 Å². The summed E-state index contributed by atoms with van der Waals surface area (Å²) >= 11 is 0. The molecular weight excluding hydrogens is 831 g/mol. The molecule has 1 nitrogen and oxygen atoms in total. The highest BCUT2D eigenvalue weighted by atomic mass is 15.1. The molecule has 0 saturated heterocycles. The Bertz CT molecular complexity index is 3610. The van der Waals surface area contributed by atoms with Gasteiger partial charge in [0.2, 0.25) is 0 Å². The van der Waals surface area contributed by atoms with Gasteiger partial charge in [-0.3, -0.25) is 0 Å². The summed E-state index contributed by atoms with van der Waals surface area (Å²) in [5.41, 5.74) is 23.6. The number of fused-ring (bicyclic) bond motifs is 9. The van der Waals surface area contributed by atoms with Crippen LogP contribution in [0, 0.1) is 0 Å². The van der Waals surface area contributed by atoms with Gasteiger partial charge in [-0.2, -0.15) is 0 Å². The first-order valence-corrected chi connectivity index (χ1v) is 24.3. The van der Waals surface area contributed by atoms with Crippen molar-refractivity contribution in [3.8, 4) is 66.8 Å². The zero-order valence-electron chi connectivity index (χ0n) is 39.5. The maximum Gasteiger partial charge on any atom is 0.0546 e. The molecule has 0 aliphatic heterocycles. The maximum atomic E-state index is 2.53. The molecule has 2 aliphatic rings. The molecule has 0 spiro atoms. The van der Waals surface area contributed by atoms with Gasteiger partial charge in [0.25, 0.3) is 0 Å². The van der Waals surface area contributed by atoms with Crippen molar-refractivity contribution < 1.29 is 0 Å². The van der Waals surface area contributed by atoms with Gasteiger partial charge < -0.3 is 4.90 Å². The predicted octanol–water partition coefficient (Wildman–Crippen LogP) is 18.7. The monoisotopic (exact) mass is 881 g/mol. The molecule has 0 atom stereocenters. The quantitative estimate of drug-likeness (QED) is 0.144. The van der Waals surface area contributed by atoms with E-state index in [0.29, 0.717) is 0 Å². The standard InChI is InChI=1S/C68H51N/c1-67(2)62-39-50(48-27-23-46(24-28-48)44-15-7-5-8-16-44)31-35-57(62)59-37-33-53(42-64(59)67)69(66-41-52-19-11-12-20-55(52)56-21-13-14-22-61(56)66)54-34-38-60-58-36-32-51(40-63(58)68(3,4)65(60)43-54)49-29-25-47(26-30-49)45-17-9-6-10-18-45/h5-43H,1-4H3. The maximum absolute atomic E-state index is 2.53. The summed E-state index contributed by atoms with van der Waals surface area (Å²) in [5.74, 6) is 0. The fourth-order valence-corrected chi connectivity index (χ4v) is 11.7. The molecule has 0 N–H and O–H groups in total. The lowest BCUT2D eigenvalue weighted by atomic mass is 9.81. The Labute approximate surface area is 405 Å². The summed E-state index contributed by atoms with van der Waals surface area (Å²) in [6.07, 6.45) is 0. The molecule has 11 aromatic rings. The summed E-state index contributed by atoms with van der Waals surface area (Å²) in [5, 5.41) is 4.98. The lowest BCUT2D eigenvalue weighted by Gasteiger charge is -2.31. The van der Waals surface area contributed by atoms with Crippen molar-refractivity contribution in [3.05, 3.63) is 259 Å². The molecule has 11 aromatic carbocycles. The Morgan fingerprint density at radius 3 is 1.06 bits per heavy atom. The average Bonchev–Trinajstić information content (AvgIpc) is 3.77. The van der Waals surface area contributed by atoms with Crippen LogP contribution in [0.4, 0.5) is 17.1 Å². The Kier molecular flexibility index (Phi) is 9.30. The van der Waals surface area contributed by atoms with Crippen LogP contribution >= 0.6 is 0 Å². The van der Waals surface area contributed by atoms with E-state index in [9.17, 15) is 0 Å². The van der Waals surface area contributed by atoms with E-state index in [1.807, 2.05) is 0 Å². The van der Waals surface area contributed by atoms with Crippen molar-refractivity contribution in [2.24, 2.45) is 0 Å². The van der Waals surface area contributed by atoms with Crippen molar-refractivity contribution in [2.75, 3.05) is 4.90 Å². The average molecular weight is 882 g/mol. The summed E-state index contributed by atoms with van der Waals surface area (Å²) in [4.78, 5) is 2.53. The van der Waals surface area contributed by atoms with Crippen LogP contribution in [-0.4, -0.2) is 0 Å². The van der Waals surface area contributed by atoms with Crippen molar-refractivity contribution in [2.45, 2.75) is 38.5 Å². The molecule has 0 saturated carbocycles. The van der Waals surface area contributed by atoms with Crippen molar-refractivity contribution in [3.63, 3.8) is 0 Å². The van der Waals surface area contributed by atoms with E-state index >= 15 is 0 Å². The first kappa shape index (κ1) is 41.0. The third kappa shape index (κ3) is 6.60. The molecule has 2 aliphatic carbocycles. The Morgan fingerprint density at radius 2 is 0.594 bits per heavy atom. The van der Waals surface area contributed by atoms with E-state index in [1.165, 1.54) is 116 Å². The molecule has 13 rings (SSSR count). The molecule has 0 fully saturated rings. The number of nitrogens with zero attached hydrogens (tertiary/aromatic N) is 1. The van der Waals surface area contributed by atoms with Crippen LogP contribution in [0.2, 0.25) is 0 Å². The second-order valence-corrected chi connectivity index (χ2v) is 20.1. The molecule has 69 heavy (non-hydrogen) atoms. The largest absolute Gasteiger partial charge is 0.310 e. The van der Waals surface area contributed by atoms with Gasteiger partial charge in [0.1, 0.15) is 0 Å². The van der Waals surface area contributed by atoms with Crippen LogP contribution < -0.4 is 4.90 Å². The van der Waals surface area contributed by atoms with Gasteiger partial charge in [-0.15, -0.1) is 0 Å². The van der Waals surface area contributed by atoms with E-state index in [1.54, 1.807) is 0 Å². The Morgan fingerprint density at radius 1 is 0.261 bits per heavy atom. The first-order valence-electron chi connectivity index (χ1n) is 24.3. The van der Waals surface area contributed by atoms with Gasteiger partial charge in [0.15, 0.2) is 0 Å². The minimum atomic E-state index is -0.223. The van der Waals surface area contributed by atoms with Crippen LogP contribution in [0.3, 0.4) is 0 Å². The van der Waals surface area contributed by atoms with Gasteiger partial charge in [0.05, 0.1) is 5.69 Å². The van der Waals surface area contributed by atoms with Crippen molar-refractivity contribution in [1.82, 2.24) is 0 Å². The second kappa shape index (κ2) is 15.7. The van der Waals surface area contributed by atoms with Crippen molar-refractivity contribution in [1.29, 1.82) is 0 Å². The number of hydrogen-bond donors (Lipinski definition) is 0. The number of hydrogen-bond acceptors (Lipinski definition) is 1. The van der Waals surface area contributed by atoms with Crippen LogP contribution in [0.25, 0.3) is 88.3 Å². The summed E-state index contributed by atoms with van der Waals surface area (Å²) in [6.45, 7) is 9.61. The molecule has 328 valence electrons. The van der Waals surface area contributed by atoms with Gasteiger partial charge in [-0.1, -0.05) is 222 Å². The van der Waals surface area contributed by atoms with Crippen LogP contribution in [-0.2, 0) is 10.8 Å². The summed E-state index contributed by atoms with van der Waals surface area (Å²) in [6, 6.07) is 88.1. The highest BCUT2D eigenvalue weighted by Crippen LogP contribution is 2.55. The Balaban J connectivity index is 0.914. The van der Waals surface area contributed by atoms with Gasteiger partial charge in [-0.25, -0.2) is 0 Å². The lowest BCUT2D eigenvalue weighted by Crippen LogP contribution is -2.18. The molecule has 0 aromatic heterocycles. The van der Waals surface area contributed by atoms with Gasteiger partial charge in [-0.05, 0) is 148 Å². The summed E-state index contributed by atoms with van der Waals surface area (Å²) in [7, 11) is 0. The Hall–Kier alpha value is -8.26. The molecule has 0 radical (unpaired) electrons. The SMILES string of the molecule is CC1(C)c2cc(-c3ccc(-c4ccccc4)cc3)ccc2-c2ccc(N(c3ccc4c(c3)C(C)(C)c3cc(-c5ccc(-c6ccccc6)cc5)ccc3-4)c3cc4ccccc4c4ccccc34)cc21. The fraction of sp³-hybridized carbons (Fsp3) is 0.0882. The van der Waals surface area contributed by atoms with E-state index in [2.05, 4.69) is 269 Å². The zero-order chi connectivity index (χ0) is 46.4. The van der Waals surface area contributed by atoms with E-state index < -0.39 is 0 Å². The van der Waals surface area contributed by atoms with Crippen LogP contribution in [0.5, 0.6) is 0 Å². The highest BCUT2D eigenvalue weighted by molar-refractivity contribution is 6.14. The topological polar surface area (TPSA) is 3.24 Å². The molecule has 0 amide bonds. The van der Waals surface area contributed by atoms with Crippen molar-refractivity contribution >= 4 is 38.6 Å². The molecule has 0 bridgehead atoms. The summed E-state index contributed by atoms with van der Waals surface area (Å²) < 4.78 is 0. The number of anilines is 3. The first-order chi connectivity index (χ1) is 33.7. The lowest BCUT2D eigenvalue weighted by molar-refractivity contribution is 0.660. The van der Waals surface area contributed by atoms with Gasteiger partial charge >= 0.3 is 0 Å². The molecule has 0 unspecified atom stereocenters. The van der Waals surface area contributed by atoms with Crippen LogP contribution in [0.1, 0.15) is 49.9 Å². The smallest absolute Gasteiger partial charge is 0.0546 e. The normalized spacial score (nSPS) is 13.7. The number of benzene rings is 11. The predicted molar refractivity (Wildman–Crippen MR) is 293 cm³/mol. The highest BCUT2D eigenvalue weighted by Gasteiger charge is 2.38. The minimum Gasteiger partial charge on any atom is -0.310 e. The van der Waals surface area contributed by atoms with Crippen LogP contribution in [0.15, 0.2) is 237 Å². The third-order valence-electron chi connectivity index (χ3n) is 15.5. The fourth-order valence-electron chi connectivity index (χ4n) is 11.7. The molecule has 0 heterocycles. The number of rotatable bonds is 7. The zero-order valence-corrected chi connectivity index (χ0v) is 39.5. The minimum absolute atomic E-state index is 0.223. The van der Waals surface area contributed by atoms with E-state index in [-0.39, 0.29) is 10.8 Å². The second-order valence-electron chi connectivity index (χ2n) is 20.1. The molecule has 1 heteroatoms.